The Morgan fingerprint density at radius 2 is 2.00 bits per heavy atom. The van der Waals surface area contributed by atoms with Crippen LogP contribution in [-0.4, -0.2) is 16.4 Å². The van der Waals surface area contributed by atoms with Gasteiger partial charge in [0.2, 0.25) is 0 Å². The monoisotopic (exact) mass is 284 g/mol. The van der Waals surface area contributed by atoms with E-state index in [1.54, 1.807) is 0 Å². The molecule has 3 heteroatoms. The maximum absolute atomic E-state index is 5.90. The predicted molar refractivity (Wildman–Crippen MR) is 84.5 cm³/mol. The van der Waals surface area contributed by atoms with Gasteiger partial charge in [-0.3, -0.25) is 0 Å². The summed E-state index contributed by atoms with van der Waals surface area (Å²) in [4.78, 5) is 0. The second kappa shape index (κ2) is 10.5. The van der Waals surface area contributed by atoms with Gasteiger partial charge >= 0.3 is 9.28 Å². The quantitative estimate of drug-likeness (QED) is 0.424. The van der Waals surface area contributed by atoms with Crippen molar-refractivity contribution in [3.8, 4) is 0 Å². The fourth-order valence-corrected chi connectivity index (χ4v) is 4.65. The standard InChI is InChI=1S/C16H32O2Si/c1-4-6-9-15(5-2)14-19(17-3)18-13-12-16-10-7-8-11-16/h12-13,15-16,19H,4-11,14H2,1-3H3. The molecule has 0 spiro atoms. The molecule has 0 radical (unpaired) electrons. The Bertz CT molecular complexity index is 237. The van der Waals surface area contributed by atoms with E-state index in [1.165, 1.54) is 51.4 Å². The second-order valence-corrected chi connectivity index (χ2v) is 7.90. The molecule has 0 saturated heterocycles. The molecule has 0 bridgehead atoms. The van der Waals surface area contributed by atoms with Gasteiger partial charge in [0.05, 0.1) is 6.26 Å². The summed E-state index contributed by atoms with van der Waals surface area (Å²) in [6.07, 6.45) is 14.9. The van der Waals surface area contributed by atoms with Crippen LogP contribution in [0.25, 0.3) is 0 Å². The molecule has 0 aliphatic heterocycles. The Kier molecular flexibility index (Phi) is 9.27. The van der Waals surface area contributed by atoms with E-state index >= 15 is 0 Å². The van der Waals surface area contributed by atoms with Crippen molar-refractivity contribution in [2.45, 2.75) is 71.3 Å². The lowest BCUT2D eigenvalue weighted by Gasteiger charge is -2.19. The average molecular weight is 285 g/mol. The van der Waals surface area contributed by atoms with Crippen molar-refractivity contribution in [1.82, 2.24) is 0 Å². The first-order valence-corrected chi connectivity index (χ1v) is 9.91. The SMILES string of the molecule is CCCCC(CC)C[SiH](OC)OC=CC1CCCC1. The van der Waals surface area contributed by atoms with E-state index in [0.29, 0.717) is 0 Å². The Balaban J connectivity index is 2.26. The van der Waals surface area contributed by atoms with Crippen molar-refractivity contribution in [1.29, 1.82) is 0 Å². The minimum atomic E-state index is -1.48. The Hall–Kier alpha value is -0.283. The van der Waals surface area contributed by atoms with Crippen LogP contribution >= 0.6 is 0 Å². The third-order valence-corrected chi connectivity index (χ3v) is 6.35. The lowest BCUT2D eigenvalue weighted by Crippen LogP contribution is -2.22. The number of hydrogen-bond acceptors (Lipinski definition) is 2. The molecule has 0 aromatic carbocycles. The van der Waals surface area contributed by atoms with Gasteiger partial charge in [-0.25, -0.2) is 0 Å². The van der Waals surface area contributed by atoms with E-state index in [0.717, 1.165) is 17.9 Å². The minimum absolute atomic E-state index is 0.758. The van der Waals surface area contributed by atoms with Gasteiger partial charge in [-0.1, -0.05) is 52.4 Å². The van der Waals surface area contributed by atoms with Crippen LogP contribution < -0.4 is 0 Å². The largest absolute Gasteiger partial charge is 0.529 e. The molecular weight excluding hydrogens is 252 g/mol. The molecule has 1 fully saturated rings. The van der Waals surface area contributed by atoms with Crippen LogP contribution in [0.2, 0.25) is 6.04 Å². The van der Waals surface area contributed by atoms with Gasteiger partial charge in [0.15, 0.2) is 0 Å². The van der Waals surface area contributed by atoms with Gasteiger partial charge in [0.1, 0.15) is 0 Å². The fraction of sp³-hybridized carbons (Fsp3) is 0.875. The van der Waals surface area contributed by atoms with Crippen molar-refractivity contribution in [3.63, 3.8) is 0 Å². The fourth-order valence-electron chi connectivity index (χ4n) is 2.85. The van der Waals surface area contributed by atoms with Gasteiger partial charge < -0.3 is 8.85 Å². The van der Waals surface area contributed by atoms with Crippen LogP contribution in [-0.2, 0) is 8.85 Å². The van der Waals surface area contributed by atoms with E-state index in [2.05, 4.69) is 19.9 Å². The van der Waals surface area contributed by atoms with Crippen molar-refractivity contribution in [3.05, 3.63) is 12.3 Å². The molecule has 2 atom stereocenters. The molecule has 1 aliphatic carbocycles. The number of allylic oxidation sites excluding steroid dienone is 1. The van der Waals surface area contributed by atoms with Crippen LogP contribution in [0.1, 0.15) is 65.2 Å². The van der Waals surface area contributed by atoms with Gasteiger partial charge in [-0.2, -0.15) is 0 Å². The maximum Gasteiger partial charge on any atom is 0.381 e. The van der Waals surface area contributed by atoms with Crippen molar-refractivity contribution in [2.75, 3.05) is 7.11 Å². The molecule has 1 rings (SSSR count). The van der Waals surface area contributed by atoms with E-state index < -0.39 is 9.28 Å². The van der Waals surface area contributed by atoms with Gasteiger partial charge in [0.25, 0.3) is 0 Å². The summed E-state index contributed by atoms with van der Waals surface area (Å²) >= 11 is 0. The highest BCUT2D eigenvalue weighted by atomic mass is 28.3. The van der Waals surface area contributed by atoms with Gasteiger partial charge in [-0.05, 0) is 30.8 Å². The first-order chi connectivity index (χ1) is 9.30. The summed E-state index contributed by atoms with van der Waals surface area (Å²) in [5, 5.41) is 0. The molecule has 0 aromatic rings. The molecule has 112 valence electrons. The highest BCUT2D eigenvalue weighted by Crippen LogP contribution is 2.26. The molecule has 0 amide bonds. The Labute approximate surface area is 121 Å². The summed E-state index contributed by atoms with van der Waals surface area (Å²) in [7, 11) is 0.334. The number of hydrogen-bond donors (Lipinski definition) is 0. The lowest BCUT2D eigenvalue weighted by molar-refractivity contribution is 0.290. The van der Waals surface area contributed by atoms with E-state index in [4.69, 9.17) is 8.85 Å². The number of rotatable bonds is 10. The van der Waals surface area contributed by atoms with E-state index in [1.807, 2.05) is 13.4 Å². The molecule has 2 nitrogen and oxygen atoms in total. The molecule has 2 unspecified atom stereocenters. The summed E-state index contributed by atoms with van der Waals surface area (Å²) in [5.41, 5.74) is 0. The summed E-state index contributed by atoms with van der Waals surface area (Å²) in [6, 6.07) is 1.15. The van der Waals surface area contributed by atoms with Crippen LogP contribution in [0.3, 0.4) is 0 Å². The number of unbranched alkanes of at least 4 members (excludes halogenated alkanes) is 1. The molecule has 0 aromatic heterocycles. The Morgan fingerprint density at radius 3 is 2.58 bits per heavy atom. The van der Waals surface area contributed by atoms with Crippen LogP contribution in [0.4, 0.5) is 0 Å². The molecule has 19 heavy (non-hydrogen) atoms. The second-order valence-electron chi connectivity index (χ2n) is 5.83. The summed E-state index contributed by atoms with van der Waals surface area (Å²) in [6.45, 7) is 4.55. The summed E-state index contributed by atoms with van der Waals surface area (Å²) in [5.74, 6) is 1.55. The zero-order valence-corrected chi connectivity index (χ0v) is 14.2. The third kappa shape index (κ3) is 7.16. The smallest absolute Gasteiger partial charge is 0.381 e. The van der Waals surface area contributed by atoms with Crippen molar-refractivity contribution < 1.29 is 8.85 Å². The van der Waals surface area contributed by atoms with Gasteiger partial charge in [0, 0.05) is 13.2 Å². The van der Waals surface area contributed by atoms with Crippen molar-refractivity contribution in [2.24, 2.45) is 11.8 Å². The highest BCUT2D eigenvalue weighted by molar-refractivity contribution is 6.44. The van der Waals surface area contributed by atoms with Crippen LogP contribution in [0.15, 0.2) is 12.3 Å². The first kappa shape index (κ1) is 16.8. The molecular formula is C16H32O2Si. The summed E-state index contributed by atoms with van der Waals surface area (Å²) < 4.78 is 11.5. The molecule has 0 N–H and O–H groups in total. The van der Waals surface area contributed by atoms with E-state index in [-0.39, 0.29) is 0 Å². The zero-order chi connectivity index (χ0) is 13.9. The van der Waals surface area contributed by atoms with E-state index in [9.17, 15) is 0 Å². The van der Waals surface area contributed by atoms with Crippen molar-refractivity contribution >= 4 is 9.28 Å². The normalized spacial score (nSPS) is 19.9. The minimum Gasteiger partial charge on any atom is -0.529 e. The van der Waals surface area contributed by atoms with Gasteiger partial charge in [-0.15, -0.1) is 0 Å². The topological polar surface area (TPSA) is 18.5 Å². The average Bonchev–Trinajstić information content (AvgIpc) is 2.94. The highest BCUT2D eigenvalue weighted by Gasteiger charge is 2.18. The lowest BCUT2D eigenvalue weighted by atomic mass is 10.0. The van der Waals surface area contributed by atoms with Crippen LogP contribution in [0.5, 0.6) is 0 Å². The maximum atomic E-state index is 5.90. The predicted octanol–water partition coefficient (Wildman–Crippen LogP) is 4.79. The first-order valence-electron chi connectivity index (χ1n) is 8.15. The molecule has 1 aliphatic rings. The van der Waals surface area contributed by atoms with Crippen LogP contribution in [0, 0.1) is 11.8 Å². The third-order valence-electron chi connectivity index (χ3n) is 4.31. The molecule has 1 saturated carbocycles. The zero-order valence-electron chi connectivity index (χ0n) is 13.1. The molecule has 0 heterocycles. The Morgan fingerprint density at radius 1 is 1.26 bits per heavy atom.